The molecule has 0 aromatic heterocycles. The Morgan fingerprint density at radius 3 is 1.70 bits per heavy atom. The zero-order valence-electron chi connectivity index (χ0n) is 15.6. The van der Waals surface area contributed by atoms with Crippen LogP contribution in [0.4, 0.5) is 0 Å². The van der Waals surface area contributed by atoms with Crippen molar-refractivity contribution in [3.05, 3.63) is 0 Å². The van der Waals surface area contributed by atoms with Gasteiger partial charge < -0.3 is 19.1 Å². The molecule has 1 fully saturated rings. The summed E-state index contributed by atoms with van der Waals surface area (Å²) in [4.78, 5) is 5.05. The molecule has 0 atom stereocenters. The summed E-state index contributed by atoms with van der Waals surface area (Å²) in [5.41, 5.74) is 0. The van der Waals surface area contributed by atoms with Crippen molar-refractivity contribution in [1.29, 1.82) is 0 Å². The van der Waals surface area contributed by atoms with Crippen molar-refractivity contribution in [1.82, 2.24) is 9.80 Å². The van der Waals surface area contributed by atoms with Crippen LogP contribution in [0.3, 0.4) is 0 Å². The van der Waals surface area contributed by atoms with Crippen LogP contribution in [0.5, 0.6) is 0 Å². The normalized spacial score (nSPS) is 17.2. The van der Waals surface area contributed by atoms with E-state index in [-0.39, 0.29) is 0 Å². The van der Waals surface area contributed by atoms with E-state index in [4.69, 9.17) is 14.2 Å². The van der Waals surface area contributed by atoms with E-state index in [1.54, 1.807) is 0 Å². The zero-order valence-corrected chi connectivity index (χ0v) is 15.6. The van der Waals surface area contributed by atoms with Gasteiger partial charge in [-0.25, -0.2) is 0 Å². The standard InChI is InChI=1S/C18H38N2O3/c1-4-6-19-7-9-20(10-8-19)11-13-22-15-17-23-16-14-21-12-5-18(2)3/h18H,4-17H2,1-3H3. The Hall–Kier alpha value is -0.200. The van der Waals surface area contributed by atoms with Gasteiger partial charge in [0.2, 0.25) is 0 Å². The fraction of sp³-hybridized carbons (Fsp3) is 1.00. The monoisotopic (exact) mass is 330 g/mol. The topological polar surface area (TPSA) is 34.2 Å². The van der Waals surface area contributed by atoms with Gasteiger partial charge in [0.1, 0.15) is 0 Å². The summed E-state index contributed by atoms with van der Waals surface area (Å²) in [7, 11) is 0. The highest BCUT2D eigenvalue weighted by Gasteiger charge is 2.15. The summed E-state index contributed by atoms with van der Waals surface area (Å²) in [6.45, 7) is 18.1. The van der Waals surface area contributed by atoms with Crippen molar-refractivity contribution in [3.63, 3.8) is 0 Å². The molecule has 23 heavy (non-hydrogen) atoms. The van der Waals surface area contributed by atoms with E-state index < -0.39 is 0 Å². The largest absolute Gasteiger partial charge is 0.379 e. The van der Waals surface area contributed by atoms with E-state index in [1.165, 1.54) is 39.1 Å². The van der Waals surface area contributed by atoms with Gasteiger partial charge in [-0.05, 0) is 25.3 Å². The number of piperazine rings is 1. The van der Waals surface area contributed by atoms with Crippen molar-refractivity contribution in [2.45, 2.75) is 33.6 Å². The molecule has 5 heteroatoms. The van der Waals surface area contributed by atoms with Crippen LogP contribution in [0.1, 0.15) is 33.6 Å². The first kappa shape index (κ1) is 20.8. The second-order valence-corrected chi connectivity index (χ2v) is 6.70. The van der Waals surface area contributed by atoms with Gasteiger partial charge in [-0.3, -0.25) is 4.90 Å². The van der Waals surface area contributed by atoms with Gasteiger partial charge in [-0.1, -0.05) is 20.8 Å². The second-order valence-electron chi connectivity index (χ2n) is 6.70. The minimum Gasteiger partial charge on any atom is -0.379 e. The minimum atomic E-state index is 0.665. The lowest BCUT2D eigenvalue weighted by Crippen LogP contribution is -2.47. The number of rotatable bonds is 14. The highest BCUT2D eigenvalue weighted by Crippen LogP contribution is 2.02. The maximum Gasteiger partial charge on any atom is 0.0701 e. The molecule has 0 bridgehead atoms. The molecule has 1 saturated heterocycles. The smallest absolute Gasteiger partial charge is 0.0701 e. The van der Waals surface area contributed by atoms with Gasteiger partial charge >= 0.3 is 0 Å². The summed E-state index contributed by atoms with van der Waals surface area (Å²) in [6.07, 6.45) is 2.38. The number of ether oxygens (including phenoxy) is 3. The summed E-state index contributed by atoms with van der Waals surface area (Å²) in [5.74, 6) is 0.707. The molecule has 0 radical (unpaired) electrons. The molecule has 1 aliphatic rings. The van der Waals surface area contributed by atoms with Crippen LogP contribution in [0.2, 0.25) is 0 Å². The molecular weight excluding hydrogens is 292 g/mol. The Morgan fingerprint density at radius 2 is 1.17 bits per heavy atom. The molecule has 0 saturated carbocycles. The van der Waals surface area contributed by atoms with Crippen LogP contribution in [-0.2, 0) is 14.2 Å². The molecule has 1 rings (SSSR count). The molecule has 5 nitrogen and oxygen atoms in total. The van der Waals surface area contributed by atoms with Crippen molar-refractivity contribution >= 4 is 0 Å². The van der Waals surface area contributed by atoms with Crippen LogP contribution in [0.25, 0.3) is 0 Å². The van der Waals surface area contributed by atoms with Crippen LogP contribution in [-0.4, -0.2) is 88.7 Å². The number of hydrogen-bond acceptors (Lipinski definition) is 5. The molecule has 0 aliphatic carbocycles. The summed E-state index contributed by atoms with van der Waals surface area (Å²) in [6, 6.07) is 0. The maximum atomic E-state index is 5.65. The number of hydrogen-bond donors (Lipinski definition) is 0. The SMILES string of the molecule is CCCN1CCN(CCOCCOCCOCCC(C)C)CC1. The minimum absolute atomic E-state index is 0.665. The summed E-state index contributed by atoms with van der Waals surface area (Å²) >= 11 is 0. The van der Waals surface area contributed by atoms with Crippen molar-refractivity contribution in [2.75, 3.05) is 78.9 Å². The summed E-state index contributed by atoms with van der Waals surface area (Å²) in [5, 5.41) is 0. The van der Waals surface area contributed by atoms with E-state index in [0.29, 0.717) is 32.3 Å². The summed E-state index contributed by atoms with van der Waals surface area (Å²) < 4.78 is 16.7. The van der Waals surface area contributed by atoms with E-state index in [9.17, 15) is 0 Å². The maximum absolute atomic E-state index is 5.65. The molecular formula is C18H38N2O3. The van der Waals surface area contributed by atoms with Gasteiger partial charge in [0.25, 0.3) is 0 Å². The van der Waals surface area contributed by atoms with Gasteiger partial charge in [-0.2, -0.15) is 0 Å². The lowest BCUT2D eigenvalue weighted by Gasteiger charge is -2.34. The lowest BCUT2D eigenvalue weighted by atomic mass is 10.1. The van der Waals surface area contributed by atoms with Gasteiger partial charge in [0, 0.05) is 39.3 Å². The Kier molecular flexibility index (Phi) is 12.8. The predicted molar refractivity (Wildman–Crippen MR) is 95.1 cm³/mol. The Morgan fingerprint density at radius 1 is 0.696 bits per heavy atom. The van der Waals surface area contributed by atoms with Gasteiger partial charge in [0.15, 0.2) is 0 Å². The highest BCUT2D eigenvalue weighted by atomic mass is 16.5. The third-order valence-corrected chi connectivity index (χ3v) is 4.14. The van der Waals surface area contributed by atoms with Crippen molar-refractivity contribution < 1.29 is 14.2 Å². The van der Waals surface area contributed by atoms with E-state index in [1.807, 2.05) is 0 Å². The second kappa shape index (κ2) is 14.2. The van der Waals surface area contributed by atoms with Gasteiger partial charge in [0.05, 0.1) is 33.0 Å². The van der Waals surface area contributed by atoms with Gasteiger partial charge in [-0.15, -0.1) is 0 Å². The third kappa shape index (κ3) is 11.9. The third-order valence-electron chi connectivity index (χ3n) is 4.14. The van der Waals surface area contributed by atoms with Crippen molar-refractivity contribution in [3.8, 4) is 0 Å². The molecule has 0 unspecified atom stereocenters. The lowest BCUT2D eigenvalue weighted by molar-refractivity contribution is 0.00661. The molecule has 1 heterocycles. The number of nitrogens with zero attached hydrogens (tertiary/aromatic N) is 2. The van der Waals surface area contributed by atoms with Crippen LogP contribution >= 0.6 is 0 Å². The molecule has 0 N–H and O–H groups in total. The Bertz CT molecular complexity index is 257. The molecule has 0 aromatic rings. The average Bonchev–Trinajstić information content (AvgIpc) is 2.54. The highest BCUT2D eigenvalue weighted by molar-refractivity contribution is 4.71. The average molecular weight is 331 g/mol. The van der Waals surface area contributed by atoms with Crippen molar-refractivity contribution in [2.24, 2.45) is 5.92 Å². The van der Waals surface area contributed by atoms with Crippen LogP contribution in [0.15, 0.2) is 0 Å². The van der Waals surface area contributed by atoms with Crippen LogP contribution in [0, 0.1) is 5.92 Å². The Labute approximate surface area is 143 Å². The first-order valence-electron chi connectivity index (χ1n) is 9.40. The predicted octanol–water partition coefficient (Wildman–Crippen LogP) is 2.11. The molecule has 0 spiro atoms. The Balaban J connectivity index is 1.78. The first-order chi connectivity index (χ1) is 11.2. The molecule has 1 aliphatic heterocycles. The van der Waals surface area contributed by atoms with E-state index in [2.05, 4.69) is 30.6 Å². The van der Waals surface area contributed by atoms with Crippen LogP contribution < -0.4 is 0 Å². The molecule has 0 aromatic carbocycles. The fourth-order valence-corrected chi connectivity index (χ4v) is 2.61. The first-order valence-corrected chi connectivity index (χ1v) is 9.40. The molecule has 138 valence electrons. The van der Waals surface area contributed by atoms with E-state index in [0.717, 1.165) is 26.2 Å². The zero-order chi connectivity index (χ0) is 16.8. The van der Waals surface area contributed by atoms with E-state index >= 15 is 0 Å². The quantitative estimate of drug-likeness (QED) is 0.456. The molecule has 0 amide bonds. The fourth-order valence-electron chi connectivity index (χ4n) is 2.61.